The minimum absolute atomic E-state index is 0.0988. The normalized spacial score (nSPS) is 22.8. The molecule has 0 fully saturated rings. The summed E-state index contributed by atoms with van der Waals surface area (Å²) in [7, 11) is 0. The van der Waals surface area contributed by atoms with Crippen LogP contribution in [0, 0.1) is 11.3 Å². The lowest BCUT2D eigenvalue weighted by atomic mass is 10.0. The summed E-state index contributed by atoms with van der Waals surface area (Å²) in [5.41, 5.74) is 0.896. The minimum atomic E-state index is -1.92. The van der Waals surface area contributed by atoms with Crippen LogP contribution in [-0.4, -0.2) is 14.8 Å². The summed E-state index contributed by atoms with van der Waals surface area (Å²) in [6.45, 7) is 0. The van der Waals surface area contributed by atoms with E-state index in [-0.39, 0.29) is 24.1 Å². The maximum atomic E-state index is 13.9. The number of nitriles is 1. The van der Waals surface area contributed by atoms with Crippen molar-refractivity contribution in [2.24, 2.45) is 0 Å². The lowest BCUT2D eigenvalue weighted by Gasteiger charge is -2.11. The van der Waals surface area contributed by atoms with Gasteiger partial charge in [0, 0.05) is 6.42 Å². The third kappa shape index (κ3) is 1.87. The van der Waals surface area contributed by atoms with E-state index >= 15 is 0 Å². The van der Waals surface area contributed by atoms with E-state index in [0.29, 0.717) is 0 Å². The predicted octanol–water partition coefficient (Wildman–Crippen LogP) is 2.82. The van der Waals surface area contributed by atoms with Gasteiger partial charge in [0.15, 0.2) is 17.8 Å². The fourth-order valence-corrected chi connectivity index (χ4v) is 2.31. The zero-order chi connectivity index (χ0) is 13.4. The van der Waals surface area contributed by atoms with Crippen molar-refractivity contribution in [2.45, 2.75) is 24.8 Å². The molecule has 0 saturated carbocycles. The lowest BCUT2D eigenvalue weighted by Crippen LogP contribution is -2.08. The number of hydrogen-bond donors (Lipinski definition) is 0. The minimum Gasteiger partial charge on any atom is -0.239 e. The van der Waals surface area contributed by atoms with E-state index in [9.17, 15) is 8.78 Å². The SMILES string of the molecule is N#CC(F)c1nc2n(n1)[C@H](c1ccccc1)C[C@@H]2F. The molecule has 0 N–H and O–H groups in total. The Morgan fingerprint density at radius 1 is 1.37 bits per heavy atom. The Morgan fingerprint density at radius 2 is 2.11 bits per heavy atom. The summed E-state index contributed by atoms with van der Waals surface area (Å²) in [5.74, 6) is -0.164. The van der Waals surface area contributed by atoms with Gasteiger partial charge in [-0.25, -0.2) is 18.4 Å². The number of nitrogens with zero attached hydrogens (tertiary/aromatic N) is 4. The molecule has 1 aromatic carbocycles. The molecular weight excluding hydrogens is 250 g/mol. The van der Waals surface area contributed by atoms with Gasteiger partial charge in [-0.15, -0.1) is 0 Å². The molecule has 0 radical (unpaired) electrons. The molecule has 0 saturated heterocycles. The van der Waals surface area contributed by atoms with E-state index in [1.165, 1.54) is 10.8 Å². The highest BCUT2D eigenvalue weighted by Gasteiger charge is 2.36. The Bertz CT molecular complexity index is 632. The average Bonchev–Trinajstić information content (AvgIpc) is 3.00. The highest BCUT2D eigenvalue weighted by Crippen LogP contribution is 2.39. The van der Waals surface area contributed by atoms with Crippen LogP contribution in [0.3, 0.4) is 0 Å². The Balaban J connectivity index is 2.02. The Kier molecular flexibility index (Phi) is 2.75. The summed E-state index contributed by atoms with van der Waals surface area (Å²) >= 11 is 0. The van der Waals surface area contributed by atoms with Gasteiger partial charge in [-0.05, 0) is 5.56 Å². The molecule has 1 aromatic heterocycles. The smallest absolute Gasteiger partial charge is 0.239 e. The Labute approximate surface area is 108 Å². The van der Waals surface area contributed by atoms with Crippen LogP contribution < -0.4 is 0 Å². The Morgan fingerprint density at radius 3 is 2.79 bits per heavy atom. The average molecular weight is 260 g/mol. The van der Waals surface area contributed by atoms with Gasteiger partial charge >= 0.3 is 0 Å². The number of alkyl halides is 2. The molecule has 0 bridgehead atoms. The molecule has 6 heteroatoms. The van der Waals surface area contributed by atoms with Gasteiger partial charge in [-0.3, -0.25) is 0 Å². The number of hydrogen-bond acceptors (Lipinski definition) is 3. The van der Waals surface area contributed by atoms with E-state index in [1.54, 1.807) is 0 Å². The molecule has 19 heavy (non-hydrogen) atoms. The van der Waals surface area contributed by atoms with Crippen molar-refractivity contribution < 1.29 is 8.78 Å². The molecule has 3 rings (SSSR count). The molecule has 0 aliphatic carbocycles. The molecule has 0 amide bonds. The van der Waals surface area contributed by atoms with E-state index in [2.05, 4.69) is 10.1 Å². The molecule has 2 aromatic rings. The van der Waals surface area contributed by atoms with Crippen LogP contribution in [0.25, 0.3) is 0 Å². The maximum Gasteiger partial charge on any atom is 0.246 e. The molecule has 96 valence electrons. The van der Waals surface area contributed by atoms with Gasteiger partial charge in [0.05, 0.1) is 6.04 Å². The first-order valence-electron chi connectivity index (χ1n) is 5.89. The first-order chi connectivity index (χ1) is 9.20. The van der Waals surface area contributed by atoms with Gasteiger partial charge in [0.1, 0.15) is 6.07 Å². The number of rotatable bonds is 2. The molecule has 1 aliphatic rings. The van der Waals surface area contributed by atoms with Crippen LogP contribution in [0.2, 0.25) is 0 Å². The molecule has 0 spiro atoms. The van der Waals surface area contributed by atoms with Crippen molar-refractivity contribution in [3.05, 3.63) is 47.5 Å². The lowest BCUT2D eigenvalue weighted by molar-refractivity contribution is 0.324. The van der Waals surface area contributed by atoms with Crippen molar-refractivity contribution in [3.8, 4) is 6.07 Å². The quantitative estimate of drug-likeness (QED) is 0.834. The molecule has 4 nitrogen and oxygen atoms in total. The monoisotopic (exact) mass is 260 g/mol. The summed E-state index contributed by atoms with van der Waals surface area (Å²) in [5, 5.41) is 12.5. The van der Waals surface area contributed by atoms with E-state index in [4.69, 9.17) is 5.26 Å². The molecule has 2 heterocycles. The van der Waals surface area contributed by atoms with Crippen molar-refractivity contribution in [1.29, 1.82) is 5.26 Å². The number of aromatic nitrogens is 3. The fraction of sp³-hybridized carbons (Fsp3) is 0.308. The zero-order valence-corrected chi connectivity index (χ0v) is 9.87. The van der Waals surface area contributed by atoms with Gasteiger partial charge in [0.25, 0.3) is 0 Å². The zero-order valence-electron chi connectivity index (χ0n) is 9.87. The molecule has 3 atom stereocenters. The highest BCUT2D eigenvalue weighted by atomic mass is 19.1. The third-order valence-electron chi connectivity index (χ3n) is 3.20. The van der Waals surface area contributed by atoms with Crippen LogP contribution in [-0.2, 0) is 0 Å². The summed E-state index contributed by atoms with van der Waals surface area (Å²) in [6, 6.07) is 10.4. The van der Waals surface area contributed by atoms with Crippen LogP contribution in [0.4, 0.5) is 8.78 Å². The number of benzene rings is 1. The number of halogens is 2. The number of fused-ring (bicyclic) bond motifs is 1. The standard InChI is InChI=1S/C13H10F2N4/c14-9-6-11(8-4-2-1-3-5-8)19-13(9)17-12(18-19)10(15)7-16/h1-5,9-11H,6H2/t9-,10?,11-/m0/s1. The van der Waals surface area contributed by atoms with Gasteiger partial charge < -0.3 is 0 Å². The van der Waals surface area contributed by atoms with E-state index in [0.717, 1.165) is 5.56 Å². The third-order valence-corrected chi connectivity index (χ3v) is 3.20. The summed E-state index contributed by atoms with van der Waals surface area (Å²) in [6.07, 6.45) is -2.96. The summed E-state index contributed by atoms with van der Waals surface area (Å²) in [4.78, 5) is 3.80. The topological polar surface area (TPSA) is 54.5 Å². The van der Waals surface area contributed by atoms with Crippen molar-refractivity contribution in [3.63, 3.8) is 0 Å². The second kappa shape index (κ2) is 4.43. The summed E-state index contributed by atoms with van der Waals surface area (Å²) < 4.78 is 28.5. The molecule has 1 aliphatic heterocycles. The first kappa shape index (κ1) is 11.8. The predicted molar refractivity (Wildman–Crippen MR) is 62.5 cm³/mol. The van der Waals surface area contributed by atoms with Crippen LogP contribution in [0.5, 0.6) is 0 Å². The second-order valence-electron chi connectivity index (χ2n) is 4.39. The maximum absolute atomic E-state index is 13.9. The Hall–Kier alpha value is -2.29. The van der Waals surface area contributed by atoms with Crippen LogP contribution >= 0.6 is 0 Å². The van der Waals surface area contributed by atoms with Gasteiger partial charge in [-0.1, -0.05) is 30.3 Å². The van der Waals surface area contributed by atoms with Crippen molar-refractivity contribution in [1.82, 2.24) is 14.8 Å². The largest absolute Gasteiger partial charge is 0.246 e. The second-order valence-corrected chi connectivity index (χ2v) is 4.39. The van der Waals surface area contributed by atoms with Gasteiger partial charge in [-0.2, -0.15) is 10.4 Å². The van der Waals surface area contributed by atoms with Crippen molar-refractivity contribution >= 4 is 0 Å². The molecule has 1 unspecified atom stereocenters. The highest BCUT2D eigenvalue weighted by molar-refractivity contribution is 5.24. The van der Waals surface area contributed by atoms with Crippen LogP contribution in [0.1, 0.15) is 42.0 Å². The van der Waals surface area contributed by atoms with E-state index < -0.39 is 12.3 Å². The van der Waals surface area contributed by atoms with Gasteiger partial charge in [0.2, 0.25) is 6.17 Å². The first-order valence-corrected chi connectivity index (χ1v) is 5.89. The van der Waals surface area contributed by atoms with E-state index in [1.807, 2.05) is 30.3 Å². The van der Waals surface area contributed by atoms with Crippen molar-refractivity contribution in [2.75, 3.05) is 0 Å². The van der Waals surface area contributed by atoms with Crippen LogP contribution in [0.15, 0.2) is 30.3 Å². The fourth-order valence-electron chi connectivity index (χ4n) is 2.31. The molecular formula is C13H10F2N4.